The minimum absolute atomic E-state index is 0.862. The second-order valence-corrected chi connectivity index (χ2v) is 4.27. The number of aromatic nitrogens is 1. The van der Waals surface area contributed by atoms with Crippen molar-refractivity contribution in [2.45, 2.75) is 20.8 Å². The van der Waals surface area contributed by atoms with E-state index in [1.807, 2.05) is 0 Å². The van der Waals surface area contributed by atoms with Gasteiger partial charge in [0.05, 0.1) is 6.54 Å². The summed E-state index contributed by atoms with van der Waals surface area (Å²) in [5, 5.41) is 18.0. The number of nitrogens with zero attached hydrogens (tertiary/aromatic N) is 2. The van der Waals surface area contributed by atoms with Crippen molar-refractivity contribution in [2.75, 3.05) is 18.5 Å². The van der Waals surface area contributed by atoms with Gasteiger partial charge < -0.3 is 15.5 Å². The number of guanidine groups is 1. The van der Waals surface area contributed by atoms with Crippen LogP contribution in [0, 0.1) is 20.8 Å². The molecule has 110 valence electrons. The molecule has 0 fully saturated rings. The Labute approximate surface area is 116 Å². The van der Waals surface area contributed by atoms with Crippen molar-refractivity contribution in [3.63, 3.8) is 0 Å². The number of carbonyl (C=O) groups is 2. The monoisotopic (exact) mass is 282 g/mol. The van der Waals surface area contributed by atoms with Crippen LogP contribution in [0.25, 0.3) is 0 Å². The second-order valence-electron chi connectivity index (χ2n) is 4.27. The van der Waals surface area contributed by atoms with Crippen LogP contribution in [0.4, 0.5) is 0 Å². The van der Waals surface area contributed by atoms with E-state index in [2.05, 4.69) is 47.2 Å². The van der Waals surface area contributed by atoms with Crippen molar-refractivity contribution in [1.82, 2.24) is 9.99 Å². The molecular weight excluding hydrogens is 264 g/mol. The molecule has 2 heterocycles. The molecule has 8 heteroatoms. The maximum Gasteiger partial charge on any atom is 0.414 e. The molecule has 1 aromatic rings. The van der Waals surface area contributed by atoms with Gasteiger partial charge in [0.2, 0.25) is 5.96 Å². The molecule has 0 aliphatic carbocycles. The molecule has 4 N–H and O–H groups in total. The van der Waals surface area contributed by atoms with E-state index in [1.165, 1.54) is 17.0 Å². The molecule has 2 rings (SSSR count). The van der Waals surface area contributed by atoms with Crippen molar-refractivity contribution in [1.29, 1.82) is 0 Å². The summed E-state index contributed by atoms with van der Waals surface area (Å²) in [5.74, 6) is -2.78. The van der Waals surface area contributed by atoms with Crippen molar-refractivity contribution in [3.8, 4) is 0 Å². The molecule has 20 heavy (non-hydrogen) atoms. The molecule has 0 saturated heterocycles. The first-order valence-electron chi connectivity index (χ1n) is 6.00. The second kappa shape index (κ2) is 6.60. The van der Waals surface area contributed by atoms with Crippen LogP contribution < -0.4 is 10.7 Å². The zero-order chi connectivity index (χ0) is 15.3. The van der Waals surface area contributed by atoms with Gasteiger partial charge in [-0.25, -0.2) is 9.59 Å². The number of carboxylic acids is 2. The van der Waals surface area contributed by atoms with Gasteiger partial charge in [-0.3, -0.25) is 15.1 Å². The number of hydrogen-bond donors (Lipinski definition) is 4. The summed E-state index contributed by atoms with van der Waals surface area (Å²) in [6.45, 7) is 8.10. The molecule has 0 radical (unpaired) electrons. The first-order valence-corrected chi connectivity index (χ1v) is 6.00. The van der Waals surface area contributed by atoms with Gasteiger partial charge in [-0.1, -0.05) is 0 Å². The number of hydrogen-bond acceptors (Lipinski definition) is 5. The van der Waals surface area contributed by atoms with Gasteiger partial charge in [-0.2, -0.15) is 0 Å². The Kier molecular flexibility index (Phi) is 5.13. The third kappa shape index (κ3) is 4.01. The van der Waals surface area contributed by atoms with Gasteiger partial charge in [0.15, 0.2) is 0 Å². The van der Waals surface area contributed by atoms with Crippen LogP contribution in [0.2, 0.25) is 0 Å². The van der Waals surface area contributed by atoms with Gasteiger partial charge in [0, 0.05) is 17.9 Å². The molecule has 0 unspecified atom stereocenters. The Morgan fingerprint density at radius 3 is 2.25 bits per heavy atom. The maximum absolute atomic E-state index is 9.10. The van der Waals surface area contributed by atoms with Crippen LogP contribution in [0.3, 0.4) is 0 Å². The first kappa shape index (κ1) is 15.5. The lowest BCUT2D eigenvalue weighted by atomic mass is 10.3. The van der Waals surface area contributed by atoms with Crippen molar-refractivity contribution in [2.24, 2.45) is 4.99 Å². The predicted octanol–water partition coefficient (Wildman–Crippen LogP) is 0.0717. The molecule has 1 aliphatic heterocycles. The third-order valence-corrected chi connectivity index (χ3v) is 2.76. The summed E-state index contributed by atoms with van der Waals surface area (Å²) in [7, 11) is 0. The van der Waals surface area contributed by atoms with E-state index in [-0.39, 0.29) is 0 Å². The molecule has 1 aromatic heterocycles. The highest BCUT2D eigenvalue weighted by Gasteiger charge is 2.09. The van der Waals surface area contributed by atoms with Gasteiger partial charge >= 0.3 is 11.9 Å². The summed E-state index contributed by atoms with van der Waals surface area (Å²) >= 11 is 0. The average Bonchev–Trinajstić information content (AvgIpc) is 2.95. The molecule has 0 amide bonds. The third-order valence-electron chi connectivity index (χ3n) is 2.76. The lowest BCUT2D eigenvalue weighted by molar-refractivity contribution is -0.159. The van der Waals surface area contributed by atoms with E-state index in [9.17, 15) is 0 Å². The van der Waals surface area contributed by atoms with Crippen LogP contribution in [0.1, 0.15) is 17.0 Å². The van der Waals surface area contributed by atoms with E-state index in [0.717, 1.165) is 19.0 Å². The lowest BCUT2D eigenvalue weighted by Gasteiger charge is -2.12. The molecule has 1 aliphatic rings. The highest BCUT2D eigenvalue weighted by molar-refractivity contribution is 6.27. The Balaban J connectivity index is 0.000000286. The molecule has 8 nitrogen and oxygen atoms in total. The van der Waals surface area contributed by atoms with Crippen LogP contribution in [-0.2, 0) is 9.59 Å². The standard InChI is InChI=1S/C10H16N4.C2H2O4/c1-7-6-8(2)14(9(7)3)13-10-11-4-5-12-10;3-1(4)2(5)6/h6H,4-5H2,1-3H3,(H2,11,12,13);(H,3,4)(H,5,6). The minimum Gasteiger partial charge on any atom is -0.473 e. The summed E-state index contributed by atoms with van der Waals surface area (Å²) < 4.78 is 2.06. The number of aliphatic carboxylic acids is 2. The number of rotatable bonds is 1. The fourth-order valence-electron chi connectivity index (χ4n) is 1.67. The van der Waals surface area contributed by atoms with E-state index >= 15 is 0 Å². The molecular formula is C12H18N4O4. The maximum atomic E-state index is 9.10. The fraction of sp³-hybridized carbons (Fsp3) is 0.417. The van der Waals surface area contributed by atoms with Crippen molar-refractivity contribution in [3.05, 3.63) is 23.0 Å². The van der Waals surface area contributed by atoms with Crippen LogP contribution >= 0.6 is 0 Å². The van der Waals surface area contributed by atoms with Gasteiger partial charge in [-0.05, 0) is 32.4 Å². The zero-order valence-corrected chi connectivity index (χ0v) is 11.6. The number of aryl methyl sites for hydroxylation is 2. The molecule has 0 aromatic carbocycles. The first-order chi connectivity index (χ1) is 9.32. The smallest absolute Gasteiger partial charge is 0.414 e. The fourth-order valence-corrected chi connectivity index (χ4v) is 1.67. The van der Waals surface area contributed by atoms with E-state index in [4.69, 9.17) is 19.8 Å². The van der Waals surface area contributed by atoms with Gasteiger partial charge in [0.25, 0.3) is 0 Å². The number of nitrogens with one attached hydrogen (secondary N) is 2. The highest BCUT2D eigenvalue weighted by Crippen LogP contribution is 2.11. The summed E-state index contributed by atoms with van der Waals surface area (Å²) in [4.78, 5) is 22.5. The lowest BCUT2D eigenvalue weighted by Crippen LogP contribution is -2.33. The van der Waals surface area contributed by atoms with Crippen molar-refractivity contribution < 1.29 is 19.8 Å². The Morgan fingerprint density at radius 1 is 1.30 bits per heavy atom. The van der Waals surface area contributed by atoms with E-state index in [1.54, 1.807) is 0 Å². The number of carboxylic acid groups (broad SMARTS) is 2. The molecule has 0 spiro atoms. The highest BCUT2D eigenvalue weighted by atomic mass is 16.4. The van der Waals surface area contributed by atoms with E-state index in [0.29, 0.717) is 0 Å². The SMILES string of the molecule is Cc1cc(C)n(NC2=NCCN2)c1C.O=C(O)C(=O)O. The Morgan fingerprint density at radius 2 is 1.90 bits per heavy atom. The Hall–Kier alpha value is -2.51. The summed E-state index contributed by atoms with van der Waals surface area (Å²) in [6.07, 6.45) is 0. The summed E-state index contributed by atoms with van der Waals surface area (Å²) in [5.41, 5.74) is 6.99. The van der Waals surface area contributed by atoms with Gasteiger partial charge in [-0.15, -0.1) is 0 Å². The quantitative estimate of drug-likeness (QED) is 0.542. The summed E-state index contributed by atoms with van der Waals surface area (Å²) in [6, 6.07) is 2.16. The van der Waals surface area contributed by atoms with Gasteiger partial charge in [0.1, 0.15) is 0 Å². The van der Waals surface area contributed by atoms with Crippen LogP contribution in [0.5, 0.6) is 0 Å². The van der Waals surface area contributed by atoms with Crippen molar-refractivity contribution >= 4 is 17.9 Å². The molecule has 0 bridgehead atoms. The minimum atomic E-state index is -1.82. The molecule has 0 atom stereocenters. The topological polar surface area (TPSA) is 116 Å². The zero-order valence-electron chi connectivity index (χ0n) is 11.6. The average molecular weight is 282 g/mol. The molecule has 0 saturated carbocycles. The van der Waals surface area contributed by atoms with Crippen LogP contribution in [0.15, 0.2) is 11.1 Å². The largest absolute Gasteiger partial charge is 0.473 e. The van der Waals surface area contributed by atoms with Crippen LogP contribution in [-0.4, -0.2) is 45.9 Å². The normalized spacial score (nSPS) is 12.8. The predicted molar refractivity (Wildman–Crippen MR) is 73.6 cm³/mol. The Bertz CT molecular complexity index is 536. The van der Waals surface area contributed by atoms with E-state index < -0.39 is 11.9 Å². The number of aliphatic imine (C=N–C) groups is 1.